The molecule has 328 valence electrons. The van der Waals surface area contributed by atoms with Crippen molar-refractivity contribution in [3.63, 3.8) is 0 Å². The minimum atomic E-state index is -4.26. The summed E-state index contributed by atoms with van der Waals surface area (Å²) in [5, 5.41) is 4.54. The Labute approximate surface area is 431 Å². The molecule has 0 unspecified atom stereocenters. The Morgan fingerprint density at radius 1 is 0.714 bits per heavy atom. The zero-order valence-corrected chi connectivity index (χ0v) is 44.1. The van der Waals surface area contributed by atoms with Crippen molar-refractivity contribution in [2.24, 2.45) is 0 Å². The molecule has 0 atom stereocenters. The second kappa shape index (κ2) is 24.0. The Balaban J connectivity index is 0.00000748. The maximum atomic E-state index is 11.4. The Hall–Kier alpha value is -2.21. The molecule has 4 aromatic rings. The van der Waals surface area contributed by atoms with E-state index in [0.717, 1.165) is 47.7 Å². The first-order chi connectivity index (χ1) is 29.8. The molecule has 0 aliphatic carbocycles. The number of thioether (sulfide) groups is 2. The summed E-state index contributed by atoms with van der Waals surface area (Å²) in [6.45, 7) is 10.6. The summed E-state index contributed by atoms with van der Waals surface area (Å²) < 4.78 is 41.6. The molecule has 0 spiro atoms. The van der Waals surface area contributed by atoms with Gasteiger partial charge in [0.25, 0.3) is 0 Å². The van der Waals surface area contributed by atoms with Crippen LogP contribution in [0.2, 0.25) is 0 Å². The van der Waals surface area contributed by atoms with E-state index in [9.17, 15) is 13.0 Å². The summed E-state index contributed by atoms with van der Waals surface area (Å²) >= 11 is 4.72. The SMILES string of the molecule is COOOSCCCC[N+]1=C(/C=C/C=C/C=C/C=C2/N(CCCCS(=O)(=O)[O-])c3ccc(-c4ccc(SC)cc4)cc3C2(C)C)C(C)(C)c2cc(-c3ccc(SC)cc3)ccc21.[K+]. The Bertz CT molecular complexity index is 2440. The zero-order valence-electron chi connectivity index (χ0n) is 37.8. The number of fused-ring (bicyclic) bond motifs is 2. The first-order valence-electron chi connectivity index (χ1n) is 20.9. The van der Waals surface area contributed by atoms with Gasteiger partial charge >= 0.3 is 51.4 Å². The van der Waals surface area contributed by atoms with Crippen molar-refractivity contribution in [1.29, 1.82) is 0 Å². The molecule has 0 saturated heterocycles. The maximum Gasteiger partial charge on any atom is 1.00 e. The predicted octanol–water partition coefficient (Wildman–Crippen LogP) is 9.46. The van der Waals surface area contributed by atoms with Gasteiger partial charge in [0.05, 0.1) is 22.6 Å². The van der Waals surface area contributed by atoms with Gasteiger partial charge in [-0.2, -0.15) is 4.58 Å². The van der Waals surface area contributed by atoms with Crippen LogP contribution in [0.25, 0.3) is 22.3 Å². The second-order valence-corrected chi connectivity index (χ2v) is 20.4. The summed E-state index contributed by atoms with van der Waals surface area (Å²) in [7, 11) is -2.85. The fraction of sp³-hybridized carbons (Fsp3) is 0.340. The molecular formula is C50H58KN2O6S4+. The van der Waals surface area contributed by atoms with Crippen LogP contribution in [-0.4, -0.2) is 67.5 Å². The minimum absolute atomic E-state index is 0. The van der Waals surface area contributed by atoms with Crippen molar-refractivity contribution < 1.29 is 83.2 Å². The molecule has 0 amide bonds. The fourth-order valence-corrected chi connectivity index (χ4v) is 10.2. The summed E-state index contributed by atoms with van der Waals surface area (Å²) in [5.41, 5.74) is 11.4. The molecule has 4 aromatic carbocycles. The smallest absolute Gasteiger partial charge is 0.748 e. The van der Waals surface area contributed by atoms with E-state index in [1.54, 1.807) is 23.5 Å². The van der Waals surface area contributed by atoms with Crippen LogP contribution >= 0.6 is 35.6 Å². The molecule has 0 N–H and O–H groups in total. The van der Waals surface area contributed by atoms with Crippen molar-refractivity contribution in [1.82, 2.24) is 0 Å². The van der Waals surface area contributed by atoms with Gasteiger partial charge in [0.15, 0.2) is 5.71 Å². The van der Waals surface area contributed by atoms with Gasteiger partial charge in [0.2, 0.25) is 5.69 Å². The van der Waals surface area contributed by atoms with Crippen LogP contribution in [-0.2, 0) is 35.2 Å². The van der Waals surface area contributed by atoms with Gasteiger partial charge in [0.1, 0.15) is 6.54 Å². The molecule has 0 aromatic heterocycles. The average molecular weight is 950 g/mol. The van der Waals surface area contributed by atoms with Crippen molar-refractivity contribution in [2.75, 3.05) is 49.1 Å². The van der Waals surface area contributed by atoms with E-state index in [0.29, 0.717) is 19.4 Å². The molecule has 2 aliphatic rings. The molecule has 6 rings (SSSR count). The van der Waals surface area contributed by atoms with Gasteiger partial charge in [-0.15, -0.1) is 27.9 Å². The van der Waals surface area contributed by atoms with E-state index < -0.39 is 10.1 Å². The third-order valence-electron chi connectivity index (χ3n) is 11.6. The summed E-state index contributed by atoms with van der Waals surface area (Å²) in [5.74, 6) is 0.433. The third-order valence-corrected chi connectivity index (χ3v) is 14.5. The minimum Gasteiger partial charge on any atom is -0.748 e. The van der Waals surface area contributed by atoms with Crippen LogP contribution < -0.4 is 56.3 Å². The second-order valence-electron chi connectivity index (χ2n) is 16.3. The normalized spacial score (nSPS) is 16.2. The first-order valence-corrected chi connectivity index (χ1v) is 25.9. The van der Waals surface area contributed by atoms with Crippen LogP contribution in [0.5, 0.6) is 0 Å². The van der Waals surface area contributed by atoms with E-state index in [2.05, 4.69) is 187 Å². The molecule has 8 nitrogen and oxygen atoms in total. The van der Waals surface area contributed by atoms with Crippen molar-refractivity contribution >= 4 is 62.8 Å². The quantitative estimate of drug-likeness (QED) is 0.00927. The van der Waals surface area contributed by atoms with E-state index in [-0.39, 0.29) is 68.0 Å². The number of rotatable bonds is 21. The maximum absolute atomic E-state index is 11.4. The molecule has 2 aliphatic heterocycles. The van der Waals surface area contributed by atoms with Gasteiger partial charge in [-0.3, -0.25) is 0 Å². The number of nitrogens with zero attached hydrogens (tertiary/aromatic N) is 2. The number of unbranched alkanes of at least 4 members (excludes halogenated alkanes) is 2. The number of hydrogen-bond donors (Lipinski definition) is 0. The van der Waals surface area contributed by atoms with Crippen molar-refractivity contribution in [3.8, 4) is 22.3 Å². The Kier molecular flexibility index (Phi) is 19.7. The molecule has 0 radical (unpaired) electrons. The molecule has 2 heterocycles. The Morgan fingerprint density at radius 3 is 1.92 bits per heavy atom. The van der Waals surface area contributed by atoms with Crippen LogP contribution in [0, 0.1) is 0 Å². The van der Waals surface area contributed by atoms with Crippen molar-refractivity contribution in [2.45, 2.75) is 74.0 Å². The first kappa shape index (κ1) is 51.8. The van der Waals surface area contributed by atoms with E-state index in [4.69, 9.17) is 4.33 Å². The third kappa shape index (κ3) is 13.2. The van der Waals surface area contributed by atoms with Gasteiger partial charge in [-0.05, 0) is 128 Å². The molecular weight excluding hydrogens is 892 g/mol. The van der Waals surface area contributed by atoms with Crippen molar-refractivity contribution in [3.05, 3.63) is 144 Å². The van der Waals surface area contributed by atoms with Gasteiger partial charge in [-0.25, -0.2) is 13.3 Å². The fourth-order valence-electron chi connectivity index (χ4n) is 8.31. The molecule has 0 bridgehead atoms. The molecule has 0 saturated carbocycles. The van der Waals surface area contributed by atoms with E-state index in [1.807, 2.05) is 0 Å². The van der Waals surface area contributed by atoms with E-state index in [1.165, 1.54) is 62.6 Å². The summed E-state index contributed by atoms with van der Waals surface area (Å²) in [4.78, 5) is 9.28. The van der Waals surface area contributed by atoms with Gasteiger partial charge < -0.3 is 9.45 Å². The standard InChI is InChI=1S/C50H58N2O6S4.K/c1-49(2)43-35-39(37-19-25-41(59-6)26-20-37)23-29-45(43)51(31-13-15-33-61-58-57-56-5)47(49)17-11-9-8-10-12-18-48-50(3,4)44-36-40(38-21-27-42(60-7)28-22-38)24-30-46(44)52(48)32-14-16-34-62(53,54)55;/h8-12,17-30,35-36H,13-16,31-34H2,1-7H3;/q;+1. The van der Waals surface area contributed by atoms with Gasteiger partial charge in [-0.1, -0.05) is 79.6 Å². The largest absolute Gasteiger partial charge is 1.00 e. The summed E-state index contributed by atoms with van der Waals surface area (Å²) in [6, 6.07) is 30.9. The number of benzene rings is 4. The number of allylic oxidation sites excluding steroid dienone is 8. The average Bonchev–Trinajstić information content (AvgIpc) is 3.61. The summed E-state index contributed by atoms with van der Waals surface area (Å²) in [6.07, 6.45) is 21.8. The van der Waals surface area contributed by atoms with E-state index >= 15 is 0 Å². The molecule has 63 heavy (non-hydrogen) atoms. The Morgan fingerprint density at radius 2 is 1.30 bits per heavy atom. The monoisotopic (exact) mass is 949 g/mol. The number of anilines is 1. The molecule has 13 heteroatoms. The zero-order chi connectivity index (χ0) is 44.3. The topological polar surface area (TPSA) is 91.1 Å². The van der Waals surface area contributed by atoms with Crippen LogP contribution in [0.4, 0.5) is 11.4 Å². The number of hydrogen-bond acceptors (Lipinski definition) is 10. The van der Waals surface area contributed by atoms with Crippen LogP contribution in [0.1, 0.15) is 64.5 Å². The predicted molar refractivity (Wildman–Crippen MR) is 261 cm³/mol. The van der Waals surface area contributed by atoms with Crippen LogP contribution in [0.15, 0.2) is 143 Å². The van der Waals surface area contributed by atoms with Gasteiger partial charge in [0, 0.05) is 80.8 Å². The molecule has 0 fully saturated rings. The van der Waals surface area contributed by atoms with Crippen LogP contribution in [0.3, 0.4) is 0 Å².